The van der Waals surface area contributed by atoms with E-state index >= 15 is 0 Å². The Labute approximate surface area is 180 Å². The highest BCUT2D eigenvalue weighted by Crippen LogP contribution is 2.21. The van der Waals surface area contributed by atoms with Crippen LogP contribution >= 0.6 is 0 Å². The van der Waals surface area contributed by atoms with Gasteiger partial charge >= 0.3 is 6.03 Å². The van der Waals surface area contributed by atoms with Crippen molar-refractivity contribution in [2.24, 2.45) is 5.92 Å². The Morgan fingerprint density at radius 2 is 1.87 bits per heavy atom. The molecule has 1 aromatic carbocycles. The molecule has 1 heterocycles. The van der Waals surface area contributed by atoms with Crippen molar-refractivity contribution in [2.75, 3.05) is 6.54 Å². The molecular weight excluding hydrogens is 400 g/mol. The molecule has 0 fully saturated rings. The number of imidazole rings is 1. The zero-order chi connectivity index (χ0) is 22.5. The van der Waals surface area contributed by atoms with Crippen LogP contribution in [0.25, 0.3) is 0 Å². The molecule has 166 valence electrons. The molecular formula is C22H34N4O3S. The average Bonchev–Trinajstić information content (AvgIpc) is 3.03. The standard InChI is InChI=1S/C22H34N4O3S/c1-7-25(21(27)24-17(4)5)14-20-12-23-22(26(20)13-16(2)3)30(28,29)15-19-11-9-8-10-18(19)6/h8-12,16-17H,7,13-15H2,1-6H3,(H,24,27). The summed E-state index contributed by atoms with van der Waals surface area (Å²) in [4.78, 5) is 18.4. The smallest absolute Gasteiger partial charge is 0.317 e. The van der Waals surface area contributed by atoms with Crippen LogP contribution in [-0.2, 0) is 28.7 Å². The number of hydrogen-bond acceptors (Lipinski definition) is 4. The zero-order valence-electron chi connectivity index (χ0n) is 18.8. The number of amides is 2. The van der Waals surface area contributed by atoms with Gasteiger partial charge in [-0.15, -0.1) is 0 Å². The predicted octanol–water partition coefficient (Wildman–Crippen LogP) is 3.76. The fourth-order valence-corrected chi connectivity index (χ4v) is 4.83. The first-order valence-electron chi connectivity index (χ1n) is 10.4. The molecule has 0 bridgehead atoms. The van der Waals surface area contributed by atoms with Crippen LogP contribution < -0.4 is 5.32 Å². The molecule has 8 heteroatoms. The molecule has 0 saturated carbocycles. The molecule has 1 aromatic heterocycles. The molecule has 0 saturated heterocycles. The fraction of sp³-hybridized carbons (Fsp3) is 0.545. The van der Waals surface area contributed by atoms with Gasteiger partial charge in [0.25, 0.3) is 0 Å². The molecule has 0 radical (unpaired) electrons. The lowest BCUT2D eigenvalue weighted by Gasteiger charge is -2.24. The van der Waals surface area contributed by atoms with Crippen LogP contribution in [0, 0.1) is 12.8 Å². The van der Waals surface area contributed by atoms with Gasteiger partial charge in [-0.05, 0) is 44.7 Å². The lowest BCUT2D eigenvalue weighted by molar-refractivity contribution is 0.194. The van der Waals surface area contributed by atoms with Crippen LogP contribution in [0.15, 0.2) is 35.6 Å². The normalized spacial score (nSPS) is 11.9. The maximum atomic E-state index is 13.2. The molecule has 0 aliphatic carbocycles. The third-order valence-electron chi connectivity index (χ3n) is 4.77. The van der Waals surface area contributed by atoms with E-state index in [1.807, 2.05) is 65.8 Å². The summed E-state index contributed by atoms with van der Waals surface area (Å²) in [6.07, 6.45) is 1.58. The van der Waals surface area contributed by atoms with Gasteiger partial charge in [-0.25, -0.2) is 18.2 Å². The molecule has 0 spiro atoms. The monoisotopic (exact) mass is 434 g/mol. The molecule has 0 aliphatic rings. The van der Waals surface area contributed by atoms with E-state index in [4.69, 9.17) is 0 Å². The number of nitrogens with zero attached hydrogens (tertiary/aromatic N) is 3. The van der Waals surface area contributed by atoms with E-state index in [0.29, 0.717) is 25.3 Å². The van der Waals surface area contributed by atoms with E-state index in [2.05, 4.69) is 10.3 Å². The van der Waals surface area contributed by atoms with Crippen molar-refractivity contribution in [1.29, 1.82) is 0 Å². The second-order valence-corrected chi connectivity index (χ2v) is 10.2. The van der Waals surface area contributed by atoms with E-state index in [0.717, 1.165) is 11.1 Å². The molecule has 0 unspecified atom stereocenters. The SMILES string of the molecule is CCN(Cc1cnc(S(=O)(=O)Cc2ccccc2C)n1CC(C)C)C(=O)NC(C)C. The summed E-state index contributed by atoms with van der Waals surface area (Å²) in [6.45, 7) is 13.0. The Balaban J connectivity index is 2.38. The zero-order valence-corrected chi connectivity index (χ0v) is 19.7. The minimum atomic E-state index is -3.64. The van der Waals surface area contributed by atoms with E-state index < -0.39 is 9.84 Å². The van der Waals surface area contributed by atoms with Gasteiger partial charge in [0, 0.05) is 19.1 Å². The summed E-state index contributed by atoms with van der Waals surface area (Å²) in [7, 11) is -3.64. The van der Waals surface area contributed by atoms with E-state index in [9.17, 15) is 13.2 Å². The average molecular weight is 435 g/mol. The minimum absolute atomic E-state index is 0.0252. The first-order chi connectivity index (χ1) is 14.0. The van der Waals surface area contributed by atoms with Crippen molar-refractivity contribution in [2.45, 2.75) is 71.6 Å². The van der Waals surface area contributed by atoms with Crippen LogP contribution in [0.1, 0.15) is 51.4 Å². The first kappa shape index (κ1) is 23.9. The van der Waals surface area contributed by atoms with Gasteiger partial charge < -0.3 is 14.8 Å². The van der Waals surface area contributed by atoms with Crippen LogP contribution in [0.3, 0.4) is 0 Å². The van der Waals surface area contributed by atoms with Crippen molar-refractivity contribution in [3.8, 4) is 0 Å². The molecule has 30 heavy (non-hydrogen) atoms. The molecule has 0 atom stereocenters. The van der Waals surface area contributed by atoms with Gasteiger partial charge in [-0.2, -0.15) is 0 Å². The molecule has 2 aromatic rings. The van der Waals surface area contributed by atoms with Gasteiger partial charge in [0.1, 0.15) is 0 Å². The number of hydrogen-bond donors (Lipinski definition) is 1. The summed E-state index contributed by atoms with van der Waals surface area (Å²) in [5, 5.41) is 2.95. The Morgan fingerprint density at radius 1 is 1.20 bits per heavy atom. The maximum absolute atomic E-state index is 13.2. The number of benzene rings is 1. The van der Waals surface area contributed by atoms with Crippen LogP contribution in [-0.4, -0.2) is 41.5 Å². The van der Waals surface area contributed by atoms with Gasteiger partial charge in [0.15, 0.2) is 0 Å². The number of sulfone groups is 1. The van der Waals surface area contributed by atoms with Gasteiger partial charge in [-0.3, -0.25) is 0 Å². The van der Waals surface area contributed by atoms with Crippen LogP contribution in [0.4, 0.5) is 4.79 Å². The number of nitrogens with one attached hydrogen (secondary N) is 1. The highest BCUT2D eigenvalue weighted by Gasteiger charge is 2.26. The van der Waals surface area contributed by atoms with Crippen molar-refractivity contribution < 1.29 is 13.2 Å². The summed E-state index contributed by atoms with van der Waals surface area (Å²) in [5.41, 5.74) is 2.42. The number of aromatic nitrogens is 2. The van der Waals surface area contributed by atoms with E-state index in [-0.39, 0.29) is 28.9 Å². The Hall–Kier alpha value is -2.35. The topological polar surface area (TPSA) is 84.3 Å². The van der Waals surface area contributed by atoms with Crippen molar-refractivity contribution in [3.05, 3.63) is 47.3 Å². The number of rotatable bonds is 9. The van der Waals surface area contributed by atoms with Crippen LogP contribution in [0.2, 0.25) is 0 Å². The van der Waals surface area contributed by atoms with E-state index in [1.165, 1.54) is 0 Å². The van der Waals surface area contributed by atoms with Gasteiger partial charge in [0.05, 0.1) is 24.2 Å². The largest absolute Gasteiger partial charge is 0.336 e. The Bertz CT molecular complexity index is 965. The molecule has 7 nitrogen and oxygen atoms in total. The van der Waals surface area contributed by atoms with Crippen LogP contribution in [0.5, 0.6) is 0 Å². The molecule has 0 aliphatic heterocycles. The lowest BCUT2D eigenvalue weighted by atomic mass is 10.1. The highest BCUT2D eigenvalue weighted by molar-refractivity contribution is 7.90. The minimum Gasteiger partial charge on any atom is -0.336 e. The summed E-state index contributed by atoms with van der Waals surface area (Å²) in [5.74, 6) is 0.129. The molecule has 1 N–H and O–H groups in total. The number of aryl methyl sites for hydroxylation is 1. The van der Waals surface area contributed by atoms with Crippen molar-refractivity contribution in [3.63, 3.8) is 0 Å². The Kier molecular flexibility index (Phi) is 8.06. The Morgan fingerprint density at radius 3 is 2.43 bits per heavy atom. The summed E-state index contributed by atoms with van der Waals surface area (Å²) in [6, 6.07) is 7.33. The quantitative estimate of drug-likeness (QED) is 0.651. The summed E-state index contributed by atoms with van der Waals surface area (Å²) < 4.78 is 28.2. The number of urea groups is 1. The maximum Gasteiger partial charge on any atom is 0.317 e. The third kappa shape index (κ3) is 6.08. The van der Waals surface area contributed by atoms with Gasteiger partial charge in [-0.1, -0.05) is 38.1 Å². The number of carbonyl (C=O) groups excluding carboxylic acids is 1. The molecule has 2 rings (SSSR count). The number of carbonyl (C=O) groups is 1. The predicted molar refractivity (Wildman–Crippen MR) is 119 cm³/mol. The van der Waals surface area contributed by atoms with Crippen molar-refractivity contribution in [1.82, 2.24) is 19.8 Å². The van der Waals surface area contributed by atoms with E-state index in [1.54, 1.807) is 15.7 Å². The highest BCUT2D eigenvalue weighted by atomic mass is 32.2. The van der Waals surface area contributed by atoms with Gasteiger partial charge in [0.2, 0.25) is 15.0 Å². The second-order valence-electron chi connectivity index (χ2n) is 8.34. The summed E-state index contributed by atoms with van der Waals surface area (Å²) >= 11 is 0. The van der Waals surface area contributed by atoms with Crippen molar-refractivity contribution >= 4 is 15.9 Å². The lowest BCUT2D eigenvalue weighted by Crippen LogP contribution is -2.42. The third-order valence-corrected chi connectivity index (χ3v) is 6.34. The first-order valence-corrected chi connectivity index (χ1v) is 12.1. The second kappa shape index (κ2) is 10.1. The fourth-order valence-electron chi connectivity index (χ4n) is 3.23. The molecule has 2 amide bonds.